The normalized spacial score (nSPS) is 16.8. The summed E-state index contributed by atoms with van der Waals surface area (Å²) in [6.45, 7) is 0.360. The fourth-order valence-corrected chi connectivity index (χ4v) is 2.13. The predicted molar refractivity (Wildman–Crippen MR) is 70.9 cm³/mol. The third-order valence-electron chi connectivity index (χ3n) is 3.43. The van der Waals surface area contributed by atoms with E-state index in [4.69, 9.17) is 5.73 Å². The van der Waals surface area contributed by atoms with Gasteiger partial charge in [-0.05, 0) is 43.5 Å². The molecule has 0 radical (unpaired) electrons. The zero-order valence-corrected chi connectivity index (χ0v) is 11.2. The van der Waals surface area contributed by atoms with Crippen molar-refractivity contribution in [3.63, 3.8) is 0 Å². The van der Waals surface area contributed by atoms with Gasteiger partial charge in [-0.25, -0.2) is 4.79 Å². The van der Waals surface area contributed by atoms with Crippen molar-refractivity contribution in [2.75, 3.05) is 11.9 Å². The van der Waals surface area contributed by atoms with Gasteiger partial charge in [0.25, 0.3) is 0 Å². The van der Waals surface area contributed by atoms with Crippen molar-refractivity contribution < 1.29 is 22.7 Å². The lowest BCUT2D eigenvalue weighted by atomic mass is 9.77. The predicted octanol–water partition coefficient (Wildman–Crippen LogP) is 2.59. The first-order chi connectivity index (χ1) is 9.82. The molecule has 116 valence electrons. The van der Waals surface area contributed by atoms with Crippen LogP contribution in [0.3, 0.4) is 0 Å². The van der Waals surface area contributed by atoms with Gasteiger partial charge in [0.1, 0.15) is 5.75 Å². The molecule has 0 aromatic heterocycles. The minimum Gasteiger partial charge on any atom is -0.406 e. The minimum atomic E-state index is -4.73. The number of hydrogen-bond acceptors (Lipinski definition) is 3. The number of rotatable bonds is 4. The van der Waals surface area contributed by atoms with Crippen LogP contribution in [0.5, 0.6) is 5.75 Å². The number of halogens is 3. The summed E-state index contributed by atoms with van der Waals surface area (Å²) in [4.78, 5) is 11.8. The van der Waals surface area contributed by atoms with Crippen LogP contribution in [-0.2, 0) is 0 Å². The van der Waals surface area contributed by atoms with Crippen molar-refractivity contribution in [3.8, 4) is 5.75 Å². The fraction of sp³-hybridized carbons (Fsp3) is 0.462. The highest BCUT2D eigenvalue weighted by atomic mass is 19.4. The SMILES string of the molecule is NCC1(NC(=O)Nc2ccc(OC(F)(F)F)cc2)CCC1. The average Bonchev–Trinajstić information content (AvgIpc) is 2.34. The Kier molecular flexibility index (Phi) is 4.26. The molecule has 0 atom stereocenters. The molecule has 1 aliphatic carbocycles. The Bertz CT molecular complexity index is 493. The van der Waals surface area contributed by atoms with E-state index in [1.807, 2.05) is 0 Å². The molecule has 21 heavy (non-hydrogen) atoms. The third kappa shape index (κ3) is 4.25. The number of alkyl halides is 3. The third-order valence-corrected chi connectivity index (χ3v) is 3.43. The Morgan fingerprint density at radius 2 is 1.90 bits per heavy atom. The first kappa shape index (κ1) is 15.4. The topological polar surface area (TPSA) is 76.4 Å². The van der Waals surface area contributed by atoms with Crippen molar-refractivity contribution in [3.05, 3.63) is 24.3 Å². The number of carbonyl (C=O) groups is 1. The molecule has 4 N–H and O–H groups in total. The Hall–Kier alpha value is -1.96. The quantitative estimate of drug-likeness (QED) is 0.800. The van der Waals surface area contributed by atoms with Gasteiger partial charge in [-0.1, -0.05) is 0 Å². The molecule has 1 saturated carbocycles. The van der Waals surface area contributed by atoms with Crippen molar-refractivity contribution in [1.29, 1.82) is 0 Å². The summed E-state index contributed by atoms with van der Waals surface area (Å²) in [6.07, 6.45) is -2.06. The van der Waals surface area contributed by atoms with Crippen LogP contribution in [0.15, 0.2) is 24.3 Å². The van der Waals surface area contributed by atoms with Gasteiger partial charge in [0.2, 0.25) is 0 Å². The molecule has 0 heterocycles. The molecule has 2 rings (SSSR count). The molecule has 0 bridgehead atoms. The molecular formula is C13H16F3N3O2. The van der Waals surface area contributed by atoms with Gasteiger partial charge in [0.05, 0.1) is 5.54 Å². The number of carbonyl (C=O) groups excluding carboxylic acids is 1. The van der Waals surface area contributed by atoms with E-state index in [2.05, 4.69) is 15.4 Å². The monoisotopic (exact) mass is 303 g/mol. The van der Waals surface area contributed by atoms with Crippen molar-refractivity contribution >= 4 is 11.7 Å². The van der Waals surface area contributed by atoms with E-state index in [9.17, 15) is 18.0 Å². The van der Waals surface area contributed by atoms with Gasteiger partial charge in [-0.15, -0.1) is 13.2 Å². The minimum absolute atomic E-state index is 0.342. The Labute approximate surface area is 119 Å². The van der Waals surface area contributed by atoms with Gasteiger partial charge < -0.3 is 21.1 Å². The van der Waals surface area contributed by atoms with Gasteiger partial charge in [0.15, 0.2) is 0 Å². The second kappa shape index (κ2) is 5.80. The van der Waals surface area contributed by atoms with Gasteiger partial charge in [-0.3, -0.25) is 0 Å². The number of benzene rings is 1. The van der Waals surface area contributed by atoms with E-state index < -0.39 is 12.4 Å². The summed E-state index contributed by atoms with van der Waals surface area (Å²) < 4.78 is 39.8. The highest BCUT2D eigenvalue weighted by molar-refractivity contribution is 5.89. The fourth-order valence-electron chi connectivity index (χ4n) is 2.13. The van der Waals surface area contributed by atoms with Crippen LogP contribution in [0.1, 0.15) is 19.3 Å². The van der Waals surface area contributed by atoms with E-state index in [1.165, 1.54) is 12.1 Å². The van der Waals surface area contributed by atoms with Crippen molar-refractivity contribution in [2.24, 2.45) is 5.73 Å². The van der Waals surface area contributed by atoms with E-state index in [0.717, 1.165) is 31.4 Å². The molecular weight excluding hydrogens is 287 g/mol. The summed E-state index contributed by atoms with van der Waals surface area (Å²) in [5.41, 5.74) is 5.63. The van der Waals surface area contributed by atoms with Crippen LogP contribution in [0.2, 0.25) is 0 Å². The summed E-state index contributed by atoms with van der Waals surface area (Å²) in [6, 6.07) is 4.49. The average molecular weight is 303 g/mol. The molecule has 8 heteroatoms. The van der Waals surface area contributed by atoms with Crippen molar-refractivity contribution in [1.82, 2.24) is 5.32 Å². The Balaban J connectivity index is 1.89. The van der Waals surface area contributed by atoms with Crippen LogP contribution in [0.4, 0.5) is 23.7 Å². The molecule has 2 amide bonds. The van der Waals surface area contributed by atoms with Gasteiger partial charge in [0, 0.05) is 12.2 Å². The number of anilines is 1. The van der Waals surface area contributed by atoms with Crippen LogP contribution < -0.4 is 21.1 Å². The lowest BCUT2D eigenvalue weighted by Crippen LogP contribution is -2.59. The molecule has 1 aromatic rings. The standard InChI is InChI=1S/C13H16F3N3O2/c14-13(15,16)21-10-4-2-9(3-5-10)18-11(20)19-12(8-17)6-1-7-12/h2-5H,1,6-8,17H2,(H2,18,19,20). The summed E-state index contributed by atoms with van der Waals surface area (Å²) in [5.74, 6) is -0.342. The van der Waals surface area contributed by atoms with Gasteiger partial charge >= 0.3 is 12.4 Å². The van der Waals surface area contributed by atoms with Crippen LogP contribution in [-0.4, -0.2) is 24.5 Å². The van der Waals surface area contributed by atoms with E-state index in [0.29, 0.717) is 12.2 Å². The second-order valence-electron chi connectivity index (χ2n) is 4.99. The van der Waals surface area contributed by atoms with Crippen LogP contribution in [0.25, 0.3) is 0 Å². The molecule has 1 fully saturated rings. The highest BCUT2D eigenvalue weighted by Crippen LogP contribution is 2.30. The summed E-state index contributed by atoms with van der Waals surface area (Å²) in [5, 5.41) is 5.34. The number of amides is 2. The lowest BCUT2D eigenvalue weighted by Gasteiger charge is -2.41. The first-order valence-corrected chi connectivity index (χ1v) is 6.47. The maximum Gasteiger partial charge on any atom is 0.573 e. The lowest BCUT2D eigenvalue weighted by molar-refractivity contribution is -0.274. The number of nitrogens with two attached hydrogens (primary N) is 1. The molecule has 0 unspecified atom stereocenters. The second-order valence-corrected chi connectivity index (χ2v) is 4.99. The molecule has 5 nitrogen and oxygen atoms in total. The highest BCUT2D eigenvalue weighted by Gasteiger charge is 2.37. The van der Waals surface area contributed by atoms with E-state index >= 15 is 0 Å². The Morgan fingerprint density at radius 3 is 2.33 bits per heavy atom. The first-order valence-electron chi connectivity index (χ1n) is 6.47. The maximum atomic E-state index is 12.0. The van der Waals surface area contributed by atoms with Crippen LogP contribution in [0, 0.1) is 0 Å². The zero-order chi connectivity index (χ0) is 15.5. The molecule has 0 saturated heterocycles. The van der Waals surface area contributed by atoms with Gasteiger partial charge in [-0.2, -0.15) is 0 Å². The smallest absolute Gasteiger partial charge is 0.406 e. The molecule has 1 aromatic carbocycles. The Morgan fingerprint density at radius 1 is 1.29 bits per heavy atom. The van der Waals surface area contributed by atoms with Crippen LogP contribution >= 0.6 is 0 Å². The summed E-state index contributed by atoms with van der Waals surface area (Å²) in [7, 11) is 0. The molecule has 0 spiro atoms. The van der Waals surface area contributed by atoms with E-state index in [-0.39, 0.29) is 11.3 Å². The maximum absolute atomic E-state index is 12.0. The largest absolute Gasteiger partial charge is 0.573 e. The number of hydrogen-bond donors (Lipinski definition) is 3. The van der Waals surface area contributed by atoms with E-state index in [1.54, 1.807) is 0 Å². The molecule has 0 aliphatic heterocycles. The molecule has 1 aliphatic rings. The zero-order valence-electron chi connectivity index (χ0n) is 11.2. The summed E-state index contributed by atoms with van der Waals surface area (Å²) >= 11 is 0. The van der Waals surface area contributed by atoms with Crippen molar-refractivity contribution in [2.45, 2.75) is 31.2 Å². The number of urea groups is 1. The number of ether oxygens (including phenoxy) is 1. The number of nitrogens with one attached hydrogen (secondary N) is 2.